The van der Waals surface area contributed by atoms with Crippen molar-refractivity contribution in [3.8, 4) is 0 Å². The number of halogens is 1. The lowest BCUT2D eigenvalue weighted by Crippen LogP contribution is -2.06. The quantitative estimate of drug-likeness (QED) is 0.349. The fourth-order valence-corrected chi connectivity index (χ4v) is 1.42. The smallest absolute Gasteiger partial charge is 0.0518 e. The zero-order valence-corrected chi connectivity index (χ0v) is 5.86. The molecule has 0 aromatic carbocycles. The lowest BCUT2D eigenvalue weighted by molar-refractivity contribution is 0.531. The molecule has 0 aromatic rings. The maximum Gasteiger partial charge on any atom is 0.0518 e. The Morgan fingerprint density at radius 3 is 2.75 bits per heavy atom. The van der Waals surface area contributed by atoms with Crippen LogP contribution < -0.4 is 0 Å². The molecule has 1 aliphatic carbocycles. The first-order valence-electron chi connectivity index (χ1n) is 3.10. The van der Waals surface area contributed by atoms with Gasteiger partial charge in [0.1, 0.15) is 0 Å². The molecule has 1 rings (SSSR count). The van der Waals surface area contributed by atoms with Crippen LogP contribution in [-0.2, 0) is 0 Å². The Bertz CT molecular complexity index is 96.6. The summed E-state index contributed by atoms with van der Waals surface area (Å²) in [4.78, 5) is 0. The van der Waals surface area contributed by atoms with E-state index in [1.807, 2.05) is 0 Å². The van der Waals surface area contributed by atoms with E-state index in [4.69, 9.17) is 11.6 Å². The van der Waals surface area contributed by atoms with Gasteiger partial charge in [0.25, 0.3) is 0 Å². The first-order valence-corrected chi connectivity index (χ1v) is 3.53. The molecule has 1 heteroatoms. The monoisotopic (exact) mass is 130 g/mol. The third kappa shape index (κ3) is 1.52. The van der Waals surface area contributed by atoms with Crippen LogP contribution in [0.4, 0.5) is 0 Å². The Labute approximate surface area is 55.5 Å². The summed E-state index contributed by atoms with van der Waals surface area (Å²) in [7, 11) is 0. The van der Waals surface area contributed by atoms with E-state index < -0.39 is 0 Å². The lowest BCUT2D eigenvalue weighted by atomic mass is 9.96. The molecular weight excluding hydrogens is 120 g/mol. The fourth-order valence-electron chi connectivity index (χ4n) is 1.02. The molecule has 0 aliphatic heterocycles. The van der Waals surface area contributed by atoms with Crippen LogP contribution in [0.1, 0.15) is 19.8 Å². The normalized spacial score (nSPS) is 37.8. The van der Waals surface area contributed by atoms with E-state index in [1.165, 1.54) is 6.42 Å². The minimum absolute atomic E-state index is 0.304. The molecule has 0 saturated heterocycles. The van der Waals surface area contributed by atoms with E-state index in [2.05, 4.69) is 19.1 Å². The van der Waals surface area contributed by atoms with Gasteiger partial charge in [-0.25, -0.2) is 0 Å². The summed E-state index contributed by atoms with van der Waals surface area (Å²) >= 11 is 5.82. The Hall–Kier alpha value is 0.0300. The highest BCUT2D eigenvalue weighted by atomic mass is 35.5. The maximum atomic E-state index is 5.82. The molecule has 0 fully saturated rings. The molecule has 0 N–H and O–H groups in total. The average molecular weight is 131 g/mol. The van der Waals surface area contributed by atoms with Crippen molar-refractivity contribution in [3.05, 3.63) is 12.2 Å². The standard InChI is InChI=1S/C7H11Cl/c1-6-3-2-4-7(8)5-6/h2,4,6-7H,3,5H2,1H3/t6-,7-/m1/s1. The molecule has 0 heterocycles. The molecule has 0 unspecified atom stereocenters. The molecule has 0 amide bonds. The van der Waals surface area contributed by atoms with Gasteiger partial charge in [-0.05, 0) is 18.8 Å². The van der Waals surface area contributed by atoms with Crippen LogP contribution in [-0.4, -0.2) is 5.38 Å². The van der Waals surface area contributed by atoms with Crippen molar-refractivity contribution >= 4 is 11.6 Å². The highest BCUT2D eigenvalue weighted by Gasteiger charge is 2.09. The summed E-state index contributed by atoms with van der Waals surface area (Å²) in [6, 6.07) is 0. The van der Waals surface area contributed by atoms with E-state index in [9.17, 15) is 0 Å². The van der Waals surface area contributed by atoms with Crippen LogP contribution in [0.3, 0.4) is 0 Å². The summed E-state index contributed by atoms with van der Waals surface area (Å²) in [5, 5.41) is 0.304. The van der Waals surface area contributed by atoms with Gasteiger partial charge in [0.15, 0.2) is 0 Å². The second-order valence-electron chi connectivity index (χ2n) is 2.52. The molecule has 0 spiro atoms. The van der Waals surface area contributed by atoms with Gasteiger partial charge in [-0.3, -0.25) is 0 Å². The predicted octanol–water partition coefficient (Wildman–Crippen LogP) is 2.58. The van der Waals surface area contributed by atoms with Gasteiger partial charge < -0.3 is 0 Å². The Balaban J connectivity index is 2.42. The molecule has 0 saturated carbocycles. The number of alkyl halides is 1. The van der Waals surface area contributed by atoms with E-state index in [1.54, 1.807) is 0 Å². The largest absolute Gasteiger partial charge is 0.118 e. The van der Waals surface area contributed by atoms with Crippen LogP contribution in [0.2, 0.25) is 0 Å². The summed E-state index contributed by atoms with van der Waals surface area (Å²) in [6.07, 6.45) is 6.62. The highest BCUT2D eigenvalue weighted by molar-refractivity contribution is 6.21. The van der Waals surface area contributed by atoms with Crippen LogP contribution in [0.15, 0.2) is 12.2 Å². The number of rotatable bonds is 0. The van der Waals surface area contributed by atoms with Crippen molar-refractivity contribution in [1.82, 2.24) is 0 Å². The second-order valence-corrected chi connectivity index (χ2v) is 3.08. The SMILES string of the molecule is C[C@@H]1CC=C[C@@H](Cl)C1. The third-order valence-corrected chi connectivity index (χ3v) is 1.83. The van der Waals surface area contributed by atoms with Crippen molar-refractivity contribution in [2.24, 2.45) is 5.92 Å². The average Bonchev–Trinajstić information content (AvgIpc) is 1.64. The lowest BCUT2D eigenvalue weighted by Gasteiger charge is -2.15. The van der Waals surface area contributed by atoms with E-state index in [-0.39, 0.29) is 0 Å². The van der Waals surface area contributed by atoms with Crippen molar-refractivity contribution in [2.75, 3.05) is 0 Å². The maximum absolute atomic E-state index is 5.82. The van der Waals surface area contributed by atoms with Crippen molar-refractivity contribution in [1.29, 1.82) is 0 Å². The molecular formula is C7H11Cl. The van der Waals surface area contributed by atoms with Gasteiger partial charge >= 0.3 is 0 Å². The molecule has 46 valence electrons. The van der Waals surface area contributed by atoms with Crippen LogP contribution in [0.5, 0.6) is 0 Å². The van der Waals surface area contributed by atoms with Crippen LogP contribution >= 0.6 is 11.6 Å². The predicted molar refractivity (Wildman–Crippen MR) is 37.2 cm³/mol. The van der Waals surface area contributed by atoms with Crippen molar-refractivity contribution in [2.45, 2.75) is 25.1 Å². The molecule has 0 radical (unpaired) electrons. The summed E-state index contributed by atoms with van der Waals surface area (Å²) < 4.78 is 0. The summed E-state index contributed by atoms with van der Waals surface area (Å²) in [5.41, 5.74) is 0. The molecule has 0 nitrogen and oxygen atoms in total. The summed E-state index contributed by atoms with van der Waals surface area (Å²) in [6.45, 7) is 2.24. The molecule has 0 bridgehead atoms. The van der Waals surface area contributed by atoms with Crippen LogP contribution in [0.25, 0.3) is 0 Å². The van der Waals surface area contributed by atoms with Crippen LogP contribution in [0, 0.1) is 5.92 Å². The molecule has 2 atom stereocenters. The second kappa shape index (κ2) is 2.54. The van der Waals surface area contributed by atoms with E-state index >= 15 is 0 Å². The van der Waals surface area contributed by atoms with Gasteiger partial charge in [0, 0.05) is 0 Å². The van der Waals surface area contributed by atoms with E-state index in [0.717, 1.165) is 12.3 Å². The molecule has 0 aromatic heterocycles. The molecule has 8 heavy (non-hydrogen) atoms. The highest BCUT2D eigenvalue weighted by Crippen LogP contribution is 2.20. The van der Waals surface area contributed by atoms with Gasteiger partial charge in [0.05, 0.1) is 5.38 Å². The zero-order chi connectivity index (χ0) is 5.98. The number of hydrogen-bond acceptors (Lipinski definition) is 0. The minimum atomic E-state index is 0.304. The topological polar surface area (TPSA) is 0 Å². The number of allylic oxidation sites excluding steroid dienone is 2. The summed E-state index contributed by atoms with van der Waals surface area (Å²) in [5.74, 6) is 0.794. The fraction of sp³-hybridized carbons (Fsp3) is 0.714. The first kappa shape index (κ1) is 6.15. The van der Waals surface area contributed by atoms with Gasteiger partial charge in [-0.15, -0.1) is 11.6 Å². The van der Waals surface area contributed by atoms with Crippen molar-refractivity contribution in [3.63, 3.8) is 0 Å². The van der Waals surface area contributed by atoms with Gasteiger partial charge in [-0.1, -0.05) is 19.1 Å². The first-order chi connectivity index (χ1) is 3.79. The Morgan fingerprint density at radius 2 is 2.38 bits per heavy atom. The zero-order valence-electron chi connectivity index (χ0n) is 5.10. The molecule has 1 aliphatic rings. The Morgan fingerprint density at radius 1 is 1.62 bits per heavy atom. The minimum Gasteiger partial charge on any atom is -0.118 e. The van der Waals surface area contributed by atoms with Gasteiger partial charge in [0.2, 0.25) is 0 Å². The third-order valence-electron chi connectivity index (χ3n) is 1.51. The van der Waals surface area contributed by atoms with Gasteiger partial charge in [-0.2, -0.15) is 0 Å². The van der Waals surface area contributed by atoms with Crippen molar-refractivity contribution < 1.29 is 0 Å². The Kier molecular flexibility index (Phi) is 1.95. The number of hydrogen-bond donors (Lipinski definition) is 0. The van der Waals surface area contributed by atoms with E-state index in [0.29, 0.717) is 5.38 Å².